The van der Waals surface area contributed by atoms with E-state index in [-0.39, 0.29) is 0 Å². The molecule has 12 heavy (non-hydrogen) atoms. The molecule has 0 N–H and O–H groups in total. The van der Waals surface area contributed by atoms with Gasteiger partial charge in [0.2, 0.25) is 0 Å². The van der Waals surface area contributed by atoms with Crippen molar-refractivity contribution in [2.24, 2.45) is 5.92 Å². The van der Waals surface area contributed by atoms with E-state index < -0.39 is 0 Å². The topological polar surface area (TPSA) is 3.24 Å². The molecule has 0 aromatic rings. The van der Waals surface area contributed by atoms with Gasteiger partial charge in [-0.25, -0.2) is 0 Å². The Morgan fingerprint density at radius 3 is 2.67 bits per heavy atom. The average molecular weight is 230 g/mol. The summed E-state index contributed by atoms with van der Waals surface area (Å²) in [5, 5.41) is 0. The summed E-state index contributed by atoms with van der Waals surface area (Å²) in [6, 6.07) is 0.636. The Bertz CT molecular complexity index is 206. The Hall–Kier alpha value is -0.0405. The van der Waals surface area contributed by atoms with E-state index in [0.717, 1.165) is 0 Å². The Kier molecular flexibility index (Phi) is 3.57. The second-order valence-corrected chi connectivity index (χ2v) is 5.23. The molecule has 1 aliphatic carbocycles. The van der Waals surface area contributed by atoms with Crippen LogP contribution in [0.15, 0.2) is 22.7 Å². The molecule has 0 saturated heterocycles. The first-order valence-corrected chi connectivity index (χ1v) is 6.82. The zero-order valence-electron chi connectivity index (χ0n) is 8.24. The molecule has 0 fully saturated rings. The van der Waals surface area contributed by atoms with Crippen molar-refractivity contribution in [2.75, 3.05) is 14.1 Å². The Balaban J connectivity index is 2.64. The van der Waals surface area contributed by atoms with Crippen molar-refractivity contribution >= 4 is 15.0 Å². The monoisotopic (exact) mass is 231 g/mol. The number of hydrogen-bond acceptors (Lipinski definition) is 1. The molecule has 2 heteroatoms. The fourth-order valence-corrected chi connectivity index (χ4v) is 3.00. The molecule has 0 radical (unpaired) electrons. The van der Waals surface area contributed by atoms with E-state index in [4.69, 9.17) is 0 Å². The maximum absolute atomic E-state index is 2.32. The summed E-state index contributed by atoms with van der Waals surface area (Å²) in [5.74, 6) is 2.96. The summed E-state index contributed by atoms with van der Waals surface area (Å²) < 4.78 is 1.63. The summed E-state index contributed by atoms with van der Waals surface area (Å²) in [7, 11) is 4.30. The first kappa shape index (κ1) is 10.0. The van der Waals surface area contributed by atoms with Gasteiger partial charge in [0.15, 0.2) is 0 Å². The van der Waals surface area contributed by atoms with Gasteiger partial charge in [0.05, 0.1) is 0 Å². The van der Waals surface area contributed by atoms with Crippen molar-refractivity contribution in [3.63, 3.8) is 0 Å². The second-order valence-electron chi connectivity index (χ2n) is 3.39. The summed E-state index contributed by atoms with van der Waals surface area (Å²) in [6.45, 7) is 2.29. The van der Waals surface area contributed by atoms with E-state index in [2.05, 4.69) is 50.0 Å². The molecule has 0 heterocycles. The van der Waals surface area contributed by atoms with Gasteiger partial charge in [-0.3, -0.25) is 0 Å². The van der Waals surface area contributed by atoms with Crippen molar-refractivity contribution in [2.45, 2.75) is 18.8 Å². The zero-order chi connectivity index (χ0) is 9.14. The minimum atomic E-state index is 0.636. The van der Waals surface area contributed by atoms with Crippen LogP contribution in [0.1, 0.15) is 6.92 Å². The van der Waals surface area contributed by atoms with Crippen LogP contribution in [-0.2, 0) is 0 Å². The van der Waals surface area contributed by atoms with E-state index in [1.165, 1.54) is 0 Å². The third-order valence-corrected chi connectivity index (χ3v) is 4.32. The van der Waals surface area contributed by atoms with Gasteiger partial charge >= 0.3 is 81.4 Å². The molecule has 0 spiro atoms. The first-order valence-electron chi connectivity index (χ1n) is 4.25. The zero-order valence-corrected chi connectivity index (χ0v) is 9.96. The first-order chi connectivity index (χ1) is 5.66. The van der Waals surface area contributed by atoms with Crippen LogP contribution in [0.2, 0.25) is 5.82 Å². The molecule has 2 atom stereocenters. The molecule has 1 aliphatic rings. The third kappa shape index (κ3) is 2.01. The quantitative estimate of drug-likeness (QED) is 0.668. The van der Waals surface area contributed by atoms with E-state index in [0.29, 0.717) is 26.9 Å². The van der Waals surface area contributed by atoms with E-state index >= 15 is 0 Å². The van der Waals surface area contributed by atoms with Gasteiger partial charge in [-0.05, 0) is 0 Å². The molecule has 0 aromatic carbocycles. The molecule has 2 unspecified atom stereocenters. The number of allylic oxidation sites excluding steroid dienone is 2. The fraction of sp³-hybridized carbons (Fsp3) is 0.600. The standard InChI is InChI=1S/C10H17NSe/c1-8(11(2)3)9-6-5-7-10(9)12-4/h5-9H,1-4H3. The molecule has 0 aromatic heterocycles. The van der Waals surface area contributed by atoms with Crippen LogP contribution in [0.3, 0.4) is 0 Å². The van der Waals surface area contributed by atoms with Crippen molar-refractivity contribution < 1.29 is 0 Å². The molecule has 0 bridgehead atoms. The van der Waals surface area contributed by atoms with Crippen LogP contribution < -0.4 is 0 Å². The predicted octanol–water partition coefficient (Wildman–Crippen LogP) is 1.76. The molecule has 1 nitrogen and oxygen atoms in total. The molecule has 0 saturated carbocycles. The van der Waals surface area contributed by atoms with Crippen LogP contribution in [0, 0.1) is 5.92 Å². The summed E-state index contributed by atoms with van der Waals surface area (Å²) in [4.78, 5) is 2.29. The molecule has 0 amide bonds. The maximum atomic E-state index is 2.32. The molecular weight excluding hydrogens is 213 g/mol. The fourth-order valence-electron chi connectivity index (χ4n) is 1.40. The van der Waals surface area contributed by atoms with Gasteiger partial charge in [-0.15, -0.1) is 0 Å². The van der Waals surface area contributed by atoms with Gasteiger partial charge in [-0.1, -0.05) is 0 Å². The van der Waals surface area contributed by atoms with E-state index in [1.807, 2.05) is 0 Å². The van der Waals surface area contributed by atoms with Crippen LogP contribution in [0.5, 0.6) is 0 Å². The average Bonchev–Trinajstić information content (AvgIpc) is 2.49. The van der Waals surface area contributed by atoms with Gasteiger partial charge in [0, 0.05) is 0 Å². The van der Waals surface area contributed by atoms with Crippen molar-refractivity contribution in [3.8, 4) is 0 Å². The summed E-state index contributed by atoms with van der Waals surface area (Å²) >= 11 is 0.665. The van der Waals surface area contributed by atoms with Crippen LogP contribution in [-0.4, -0.2) is 40.0 Å². The summed E-state index contributed by atoms with van der Waals surface area (Å²) in [6.07, 6.45) is 6.81. The van der Waals surface area contributed by atoms with Crippen molar-refractivity contribution in [1.82, 2.24) is 4.90 Å². The second kappa shape index (κ2) is 4.27. The van der Waals surface area contributed by atoms with Crippen LogP contribution in [0.4, 0.5) is 0 Å². The summed E-state index contributed by atoms with van der Waals surface area (Å²) in [5.41, 5.74) is 0. The third-order valence-electron chi connectivity index (χ3n) is 2.48. The van der Waals surface area contributed by atoms with Crippen LogP contribution in [0.25, 0.3) is 0 Å². The SMILES string of the molecule is C[Se]C1=CC=CC1C(C)N(C)C. The number of hydrogen-bond donors (Lipinski definition) is 0. The van der Waals surface area contributed by atoms with Gasteiger partial charge in [0.1, 0.15) is 0 Å². The molecule has 1 rings (SSSR count). The predicted molar refractivity (Wildman–Crippen MR) is 55.5 cm³/mol. The van der Waals surface area contributed by atoms with Crippen LogP contribution >= 0.6 is 0 Å². The Morgan fingerprint density at radius 2 is 2.17 bits per heavy atom. The molecular formula is C10H17NSe. The van der Waals surface area contributed by atoms with Gasteiger partial charge < -0.3 is 0 Å². The number of nitrogens with zero attached hydrogens (tertiary/aromatic N) is 1. The Morgan fingerprint density at radius 1 is 1.50 bits per heavy atom. The Labute approximate surface area is 81.7 Å². The molecule has 68 valence electrons. The van der Waals surface area contributed by atoms with E-state index in [1.54, 1.807) is 4.47 Å². The van der Waals surface area contributed by atoms with E-state index in [9.17, 15) is 0 Å². The normalized spacial score (nSPS) is 24.8. The minimum absolute atomic E-state index is 0.636. The van der Waals surface area contributed by atoms with Crippen molar-refractivity contribution in [1.29, 1.82) is 0 Å². The molecule has 0 aliphatic heterocycles. The van der Waals surface area contributed by atoms with Gasteiger partial charge in [0.25, 0.3) is 0 Å². The van der Waals surface area contributed by atoms with Crippen molar-refractivity contribution in [3.05, 3.63) is 22.7 Å². The number of rotatable bonds is 3. The van der Waals surface area contributed by atoms with Gasteiger partial charge in [-0.2, -0.15) is 0 Å².